The van der Waals surface area contributed by atoms with Crippen molar-refractivity contribution in [2.75, 3.05) is 0 Å². The first kappa shape index (κ1) is 13.7. The zero-order valence-electron chi connectivity index (χ0n) is 11.6. The number of hydrogen-bond acceptors (Lipinski definition) is 1. The quantitative estimate of drug-likeness (QED) is 0.743. The molecule has 0 amide bonds. The molecule has 0 fully saturated rings. The average Bonchev–Trinajstić information content (AvgIpc) is 2.58. The van der Waals surface area contributed by atoms with Crippen molar-refractivity contribution < 1.29 is 4.43 Å². The van der Waals surface area contributed by atoms with Crippen molar-refractivity contribution in [2.24, 2.45) is 0 Å². The third-order valence-electron chi connectivity index (χ3n) is 3.78. The van der Waals surface area contributed by atoms with Gasteiger partial charge in [0.15, 0.2) is 0 Å². The number of benzene rings is 1. The average molecular weight is 326 g/mol. The van der Waals surface area contributed by atoms with Crippen LogP contribution in [0.3, 0.4) is 0 Å². The summed E-state index contributed by atoms with van der Waals surface area (Å²) in [5.74, 6) is 0.967. The third kappa shape index (κ3) is 2.49. The van der Waals surface area contributed by atoms with Crippen LogP contribution in [0.4, 0.5) is 0 Å². The number of hydrogen-bond donors (Lipinski definition) is 1. The van der Waals surface area contributed by atoms with Gasteiger partial charge in [-0.1, -0.05) is 20.8 Å². The van der Waals surface area contributed by atoms with E-state index in [9.17, 15) is 0 Å². The number of halogens is 1. The minimum Gasteiger partial charge on any atom is -0.543 e. The molecule has 2 rings (SSSR count). The SMILES string of the molecule is CC(C)(C)[Si](C)(C)Oc1ccc2[nH]cc(Br)c2c1. The third-order valence-corrected chi connectivity index (χ3v) is 8.80. The lowest BCUT2D eigenvalue weighted by Crippen LogP contribution is -2.43. The summed E-state index contributed by atoms with van der Waals surface area (Å²) in [7, 11) is -1.76. The Morgan fingerprint density at radius 3 is 2.50 bits per heavy atom. The molecule has 0 atom stereocenters. The molecule has 0 bridgehead atoms. The Labute approximate surface area is 118 Å². The Kier molecular flexibility index (Phi) is 3.36. The van der Waals surface area contributed by atoms with E-state index in [4.69, 9.17) is 4.43 Å². The molecule has 0 unspecified atom stereocenters. The van der Waals surface area contributed by atoms with Crippen LogP contribution in [-0.2, 0) is 0 Å². The second-order valence-electron chi connectivity index (χ2n) is 6.21. The van der Waals surface area contributed by atoms with Crippen LogP contribution < -0.4 is 4.43 Å². The van der Waals surface area contributed by atoms with Crippen LogP contribution in [0.5, 0.6) is 5.75 Å². The summed E-state index contributed by atoms with van der Waals surface area (Å²) in [4.78, 5) is 3.22. The molecule has 0 aliphatic rings. The first-order chi connectivity index (χ1) is 8.21. The van der Waals surface area contributed by atoms with E-state index in [2.05, 4.69) is 66.9 Å². The van der Waals surface area contributed by atoms with Crippen molar-refractivity contribution in [2.45, 2.75) is 38.9 Å². The van der Waals surface area contributed by atoms with Crippen LogP contribution >= 0.6 is 15.9 Å². The molecule has 0 saturated heterocycles. The van der Waals surface area contributed by atoms with Gasteiger partial charge in [-0.3, -0.25) is 0 Å². The van der Waals surface area contributed by atoms with Crippen molar-refractivity contribution >= 4 is 35.2 Å². The lowest BCUT2D eigenvalue weighted by molar-refractivity contribution is 0.493. The maximum Gasteiger partial charge on any atom is 0.250 e. The highest BCUT2D eigenvalue weighted by Gasteiger charge is 2.38. The highest BCUT2D eigenvalue weighted by molar-refractivity contribution is 9.10. The van der Waals surface area contributed by atoms with E-state index in [1.807, 2.05) is 12.3 Å². The van der Waals surface area contributed by atoms with E-state index in [0.29, 0.717) is 0 Å². The van der Waals surface area contributed by atoms with Gasteiger partial charge in [-0.2, -0.15) is 0 Å². The molecule has 0 saturated carbocycles. The molecule has 98 valence electrons. The van der Waals surface area contributed by atoms with Gasteiger partial charge in [-0.15, -0.1) is 0 Å². The van der Waals surface area contributed by atoms with Gasteiger partial charge >= 0.3 is 0 Å². The normalized spacial score (nSPS) is 13.0. The molecule has 1 aromatic carbocycles. The van der Waals surface area contributed by atoms with Crippen molar-refractivity contribution in [3.05, 3.63) is 28.9 Å². The Balaban J connectivity index is 2.35. The van der Waals surface area contributed by atoms with E-state index < -0.39 is 8.32 Å². The monoisotopic (exact) mass is 325 g/mol. The minimum atomic E-state index is -1.76. The van der Waals surface area contributed by atoms with Gasteiger partial charge in [0.1, 0.15) is 5.75 Å². The molecule has 1 N–H and O–H groups in total. The van der Waals surface area contributed by atoms with E-state index in [0.717, 1.165) is 15.7 Å². The van der Waals surface area contributed by atoms with Crippen LogP contribution in [0.2, 0.25) is 18.1 Å². The molecule has 18 heavy (non-hydrogen) atoms. The fourth-order valence-corrected chi connectivity index (χ4v) is 3.04. The van der Waals surface area contributed by atoms with Gasteiger partial charge < -0.3 is 9.41 Å². The Morgan fingerprint density at radius 1 is 1.22 bits per heavy atom. The molecule has 0 aliphatic carbocycles. The molecular weight excluding hydrogens is 306 g/mol. The summed E-state index contributed by atoms with van der Waals surface area (Å²) in [6.07, 6.45) is 1.96. The van der Waals surface area contributed by atoms with Gasteiger partial charge in [-0.25, -0.2) is 0 Å². The number of nitrogens with one attached hydrogen (secondary N) is 1. The highest BCUT2D eigenvalue weighted by Crippen LogP contribution is 2.38. The predicted molar refractivity (Wildman–Crippen MR) is 83.8 cm³/mol. The van der Waals surface area contributed by atoms with Crippen molar-refractivity contribution in [3.8, 4) is 5.75 Å². The minimum absolute atomic E-state index is 0.220. The number of rotatable bonds is 2. The van der Waals surface area contributed by atoms with Gasteiger partial charge in [-0.05, 0) is 52.3 Å². The highest BCUT2D eigenvalue weighted by atomic mass is 79.9. The summed E-state index contributed by atoms with van der Waals surface area (Å²) in [5.41, 5.74) is 1.13. The van der Waals surface area contributed by atoms with E-state index in [1.54, 1.807) is 0 Å². The maximum atomic E-state index is 6.30. The summed E-state index contributed by atoms with van der Waals surface area (Å²) in [6, 6.07) is 6.23. The summed E-state index contributed by atoms with van der Waals surface area (Å²) >= 11 is 3.54. The maximum absolute atomic E-state index is 6.30. The van der Waals surface area contributed by atoms with Gasteiger partial charge in [0.05, 0.1) is 0 Å². The lowest BCUT2D eigenvalue weighted by Gasteiger charge is -2.36. The number of aromatic amines is 1. The van der Waals surface area contributed by atoms with Crippen LogP contribution in [-0.4, -0.2) is 13.3 Å². The fraction of sp³-hybridized carbons (Fsp3) is 0.429. The van der Waals surface area contributed by atoms with Crippen LogP contribution in [0, 0.1) is 0 Å². The van der Waals surface area contributed by atoms with Crippen LogP contribution in [0.15, 0.2) is 28.9 Å². The van der Waals surface area contributed by atoms with Gasteiger partial charge in [0.2, 0.25) is 8.32 Å². The molecule has 1 aromatic heterocycles. The smallest absolute Gasteiger partial charge is 0.250 e. The van der Waals surface area contributed by atoms with E-state index in [1.165, 1.54) is 5.39 Å². The molecule has 0 radical (unpaired) electrons. The Morgan fingerprint density at radius 2 is 1.89 bits per heavy atom. The molecule has 4 heteroatoms. The molecule has 0 aliphatic heterocycles. The largest absolute Gasteiger partial charge is 0.543 e. The second-order valence-corrected chi connectivity index (χ2v) is 11.8. The van der Waals surface area contributed by atoms with Crippen LogP contribution in [0.25, 0.3) is 10.9 Å². The predicted octanol–water partition coefficient (Wildman–Crippen LogP) is 5.31. The number of fused-ring (bicyclic) bond motifs is 1. The summed E-state index contributed by atoms with van der Waals surface area (Å²) < 4.78 is 7.38. The van der Waals surface area contributed by atoms with E-state index in [-0.39, 0.29) is 5.04 Å². The number of aromatic nitrogens is 1. The van der Waals surface area contributed by atoms with Crippen molar-refractivity contribution in [3.63, 3.8) is 0 Å². The Bertz CT molecular complexity index is 569. The Hall–Kier alpha value is -0.743. The first-order valence-electron chi connectivity index (χ1n) is 6.16. The van der Waals surface area contributed by atoms with Crippen molar-refractivity contribution in [1.82, 2.24) is 4.98 Å². The molecular formula is C14H20BrNOSi. The topological polar surface area (TPSA) is 25.0 Å². The second kappa shape index (κ2) is 4.42. The summed E-state index contributed by atoms with van der Waals surface area (Å²) in [5, 5.41) is 1.39. The zero-order valence-corrected chi connectivity index (χ0v) is 14.2. The van der Waals surface area contributed by atoms with Crippen LogP contribution in [0.1, 0.15) is 20.8 Å². The summed E-state index contributed by atoms with van der Waals surface area (Å²) in [6.45, 7) is 11.3. The molecule has 2 nitrogen and oxygen atoms in total. The lowest BCUT2D eigenvalue weighted by atomic mass is 10.2. The molecule has 1 heterocycles. The molecule has 2 aromatic rings. The van der Waals surface area contributed by atoms with Gasteiger partial charge in [0.25, 0.3) is 0 Å². The van der Waals surface area contributed by atoms with Crippen molar-refractivity contribution in [1.29, 1.82) is 0 Å². The van der Waals surface area contributed by atoms with E-state index >= 15 is 0 Å². The fourth-order valence-electron chi connectivity index (χ4n) is 1.58. The van der Waals surface area contributed by atoms with Gasteiger partial charge in [0, 0.05) is 21.6 Å². The first-order valence-corrected chi connectivity index (χ1v) is 9.86. The zero-order chi connectivity index (χ0) is 13.6. The standard InChI is InChI=1S/C14H20BrNOSi/c1-14(2,3)18(4,5)17-10-6-7-13-11(8-10)12(15)9-16-13/h6-9,16H,1-5H3. The molecule has 0 spiro atoms. The number of H-pyrrole nitrogens is 1.